The van der Waals surface area contributed by atoms with Gasteiger partial charge in [-0.15, -0.1) is 5.10 Å². The maximum atomic E-state index is 12.6. The highest BCUT2D eigenvalue weighted by Gasteiger charge is 2.13. The average Bonchev–Trinajstić information content (AvgIpc) is 3.23. The third kappa shape index (κ3) is 5.50. The van der Waals surface area contributed by atoms with Crippen molar-refractivity contribution in [2.45, 2.75) is 13.2 Å². The number of benzene rings is 2. The number of carbonyl (C=O) groups is 1. The molecule has 0 radical (unpaired) electrons. The Morgan fingerprint density at radius 1 is 1.07 bits per heavy atom. The van der Waals surface area contributed by atoms with Gasteiger partial charge in [0.1, 0.15) is 17.8 Å². The number of aromatic nitrogens is 4. The molecule has 156 valence electrons. The van der Waals surface area contributed by atoms with Gasteiger partial charge in [-0.1, -0.05) is 0 Å². The first-order chi connectivity index (χ1) is 14.4. The summed E-state index contributed by atoms with van der Waals surface area (Å²) in [6.45, 7) is -6.33. The number of hydrazone groups is 1. The first-order valence-electron chi connectivity index (χ1n) is 8.13. The van der Waals surface area contributed by atoms with Crippen LogP contribution in [0.5, 0.6) is 11.5 Å². The summed E-state index contributed by atoms with van der Waals surface area (Å²) in [5.74, 6) is -1.40. The second-order valence-corrected chi connectivity index (χ2v) is 5.46. The van der Waals surface area contributed by atoms with Crippen LogP contribution in [-0.4, -0.2) is 45.6 Å². The standard InChI is InChI=1S/C17H12F4N6O3/c18-16(19)29-13-6-3-11(14(7-13)30-17(20)21)8-22-24-15(28)10-1-4-12(5-2-10)27-9-23-25-26-27/h1-9,16-17H,(H,24,28)/b22-8-. The maximum absolute atomic E-state index is 12.6. The van der Waals surface area contributed by atoms with E-state index in [0.717, 1.165) is 18.3 Å². The molecular weight excluding hydrogens is 412 g/mol. The Morgan fingerprint density at radius 3 is 2.43 bits per heavy atom. The zero-order valence-electron chi connectivity index (χ0n) is 14.8. The number of ether oxygens (including phenoxy) is 2. The number of rotatable bonds is 8. The predicted octanol–water partition coefficient (Wildman–Crippen LogP) is 2.63. The van der Waals surface area contributed by atoms with Crippen LogP contribution in [0.25, 0.3) is 5.69 Å². The quantitative estimate of drug-likeness (QED) is 0.339. The van der Waals surface area contributed by atoms with Crippen LogP contribution < -0.4 is 14.9 Å². The molecule has 2 aromatic carbocycles. The lowest BCUT2D eigenvalue weighted by Crippen LogP contribution is -2.17. The van der Waals surface area contributed by atoms with Crippen LogP contribution >= 0.6 is 0 Å². The molecule has 0 saturated heterocycles. The maximum Gasteiger partial charge on any atom is 0.387 e. The molecule has 9 nitrogen and oxygen atoms in total. The van der Waals surface area contributed by atoms with Gasteiger partial charge in [-0.05, 0) is 46.8 Å². The van der Waals surface area contributed by atoms with Crippen molar-refractivity contribution in [1.29, 1.82) is 0 Å². The van der Waals surface area contributed by atoms with Gasteiger partial charge < -0.3 is 9.47 Å². The normalized spacial score (nSPS) is 11.3. The topological polar surface area (TPSA) is 104 Å². The number of halogens is 4. The minimum atomic E-state index is -3.20. The Labute approximate surface area is 165 Å². The lowest BCUT2D eigenvalue weighted by atomic mass is 10.2. The fourth-order valence-electron chi connectivity index (χ4n) is 2.27. The van der Waals surface area contributed by atoms with Crippen molar-refractivity contribution in [3.8, 4) is 17.2 Å². The van der Waals surface area contributed by atoms with Crippen molar-refractivity contribution >= 4 is 12.1 Å². The molecule has 0 saturated carbocycles. The van der Waals surface area contributed by atoms with Crippen LogP contribution in [0.2, 0.25) is 0 Å². The van der Waals surface area contributed by atoms with Gasteiger partial charge in [-0.25, -0.2) is 10.1 Å². The first-order valence-corrected chi connectivity index (χ1v) is 8.13. The Balaban J connectivity index is 1.68. The van der Waals surface area contributed by atoms with Crippen molar-refractivity contribution in [2.24, 2.45) is 5.10 Å². The highest BCUT2D eigenvalue weighted by Crippen LogP contribution is 2.26. The van der Waals surface area contributed by atoms with E-state index in [4.69, 9.17) is 0 Å². The summed E-state index contributed by atoms with van der Waals surface area (Å²) in [5.41, 5.74) is 3.11. The van der Waals surface area contributed by atoms with Crippen LogP contribution in [0.4, 0.5) is 17.6 Å². The monoisotopic (exact) mass is 424 g/mol. The van der Waals surface area contributed by atoms with E-state index >= 15 is 0 Å². The van der Waals surface area contributed by atoms with E-state index in [1.54, 1.807) is 12.1 Å². The van der Waals surface area contributed by atoms with E-state index in [1.165, 1.54) is 29.2 Å². The largest absolute Gasteiger partial charge is 0.435 e. The van der Waals surface area contributed by atoms with E-state index in [1.807, 2.05) is 0 Å². The molecule has 3 rings (SSSR count). The van der Waals surface area contributed by atoms with Gasteiger partial charge in [0.25, 0.3) is 5.91 Å². The molecule has 0 spiro atoms. The van der Waals surface area contributed by atoms with E-state index in [-0.39, 0.29) is 16.9 Å². The summed E-state index contributed by atoms with van der Waals surface area (Å²) >= 11 is 0. The predicted molar refractivity (Wildman–Crippen MR) is 93.9 cm³/mol. The van der Waals surface area contributed by atoms with Crippen molar-refractivity contribution in [2.75, 3.05) is 0 Å². The van der Waals surface area contributed by atoms with Crippen LogP contribution in [0, 0.1) is 0 Å². The number of tetrazole rings is 1. The number of hydrogen-bond donors (Lipinski definition) is 1. The first kappa shape index (κ1) is 20.7. The van der Waals surface area contributed by atoms with Gasteiger partial charge in [0.2, 0.25) is 0 Å². The van der Waals surface area contributed by atoms with Crippen LogP contribution in [0.3, 0.4) is 0 Å². The van der Waals surface area contributed by atoms with Crippen molar-refractivity contribution in [3.05, 3.63) is 59.9 Å². The van der Waals surface area contributed by atoms with Gasteiger partial charge in [0.15, 0.2) is 0 Å². The fourth-order valence-corrected chi connectivity index (χ4v) is 2.27. The third-order valence-corrected chi connectivity index (χ3v) is 3.54. The van der Waals surface area contributed by atoms with Crippen molar-refractivity contribution in [3.63, 3.8) is 0 Å². The molecule has 1 N–H and O–H groups in total. The minimum absolute atomic E-state index is 0.00578. The molecule has 0 unspecified atom stereocenters. The van der Waals surface area contributed by atoms with Crippen LogP contribution in [0.1, 0.15) is 15.9 Å². The zero-order chi connectivity index (χ0) is 21.5. The van der Waals surface area contributed by atoms with Gasteiger partial charge >= 0.3 is 13.2 Å². The lowest BCUT2D eigenvalue weighted by Gasteiger charge is -2.10. The third-order valence-electron chi connectivity index (χ3n) is 3.54. The summed E-state index contributed by atoms with van der Waals surface area (Å²) < 4.78 is 59.5. The van der Waals surface area contributed by atoms with Gasteiger partial charge in [0, 0.05) is 17.2 Å². The van der Waals surface area contributed by atoms with E-state index in [0.29, 0.717) is 5.69 Å². The summed E-state index contributed by atoms with van der Waals surface area (Å²) in [6.07, 6.45) is 2.41. The molecule has 0 bridgehead atoms. The molecule has 0 aliphatic heterocycles. The molecule has 1 heterocycles. The summed E-state index contributed by atoms with van der Waals surface area (Å²) in [6, 6.07) is 9.36. The average molecular weight is 424 g/mol. The zero-order valence-corrected chi connectivity index (χ0v) is 14.8. The Hall–Kier alpha value is -4.03. The summed E-state index contributed by atoms with van der Waals surface area (Å²) in [5, 5.41) is 14.4. The number of carbonyl (C=O) groups excluding carboxylic acids is 1. The highest BCUT2D eigenvalue weighted by atomic mass is 19.3. The molecular formula is C17H12F4N6O3. The van der Waals surface area contributed by atoms with Gasteiger partial charge in [-0.2, -0.15) is 22.7 Å². The number of alkyl halides is 4. The van der Waals surface area contributed by atoms with Crippen LogP contribution in [-0.2, 0) is 0 Å². The summed E-state index contributed by atoms with van der Waals surface area (Å²) in [4.78, 5) is 12.1. The molecule has 0 aliphatic carbocycles. The molecule has 1 aromatic heterocycles. The van der Waals surface area contributed by atoms with E-state index in [2.05, 4.69) is 35.5 Å². The van der Waals surface area contributed by atoms with Gasteiger partial charge in [-0.3, -0.25) is 4.79 Å². The van der Waals surface area contributed by atoms with Gasteiger partial charge in [0.05, 0.1) is 11.9 Å². The molecule has 30 heavy (non-hydrogen) atoms. The number of amides is 1. The fraction of sp³-hybridized carbons (Fsp3) is 0.118. The van der Waals surface area contributed by atoms with Crippen LogP contribution in [0.15, 0.2) is 53.9 Å². The van der Waals surface area contributed by atoms with E-state index < -0.39 is 24.9 Å². The molecule has 0 aliphatic rings. The number of hydrogen-bond acceptors (Lipinski definition) is 7. The number of nitrogens with zero attached hydrogens (tertiary/aromatic N) is 5. The Bertz CT molecular complexity index is 1010. The highest BCUT2D eigenvalue weighted by molar-refractivity contribution is 5.95. The van der Waals surface area contributed by atoms with Crippen molar-refractivity contribution in [1.82, 2.24) is 25.6 Å². The number of nitrogens with one attached hydrogen (secondary N) is 1. The second-order valence-electron chi connectivity index (χ2n) is 5.46. The summed E-state index contributed by atoms with van der Waals surface area (Å²) in [7, 11) is 0. The molecule has 13 heteroatoms. The second kappa shape index (κ2) is 9.45. The smallest absolute Gasteiger partial charge is 0.387 e. The molecule has 0 atom stereocenters. The molecule has 0 fully saturated rings. The minimum Gasteiger partial charge on any atom is -0.435 e. The molecule has 1 amide bonds. The molecule has 3 aromatic rings. The van der Waals surface area contributed by atoms with Crippen molar-refractivity contribution < 1.29 is 31.8 Å². The SMILES string of the molecule is O=C(N/N=C\c1ccc(OC(F)F)cc1OC(F)F)c1ccc(-n2cnnn2)cc1. The van der Waals surface area contributed by atoms with E-state index in [9.17, 15) is 22.4 Å². The lowest BCUT2D eigenvalue weighted by molar-refractivity contribution is -0.0543. The Morgan fingerprint density at radius 2 is 1.80 bits per heavy atom. The Kier molecular flexibility index (Phi) is 6.52.